The lowest BCUT2D eigenvalue weighted by Gasteiger charge is -2.29. The van der Waals surface area contributed by atoms with Crippen LogP contribution in [-0.2, 0) is 27.4 Å². The fraction of sp³-hybridized carbons (Fsp3) is 0.379. The number of thiophene rings is 1. The summed E-state index contributed by atoms with van der Waals surface area (Å²) in [6, 6.07) is 24.3. The van der Waals surface area contributed by atoms with E-state index in [0.29, 0.717) is 19.6 Å². The number of hydrogen-bond donors (Lipinski definition) is 0. The second-order valence-electron chi connectivity index (χ2n) is 9.53. The van der Waals surface area contributed by atoms with E-state index >= 15 is 0 Å². The van der Waals surface area contributed by atoms with E-state index in [1.165, 1.54) is 5.56 Å². The molecule has 1 aliphatic carbocycles. The first-order valence-electron chi connectivity index (χ1n) is 12.5. The van der Waals surface area contributed by atoms with E-state index < -0.39 is 0 Å². The standard InChI is InChI=1S/C29H32N2O3S/c32-28(30(20-25-14-8-16-35-25)18-22-9-3-1-4-10-22)21-31(19-24-13-7-15-34-24)29(33)27-17-26(27)23-11-5-2-6-12-23/h1-6,8-12,14,16,24,26-27H,7,13,15,17-21H2. The average molecular weight is 489 g/mol. The normalized spacial score (nSPS) is 21.0. The highest BCUT2D eigenvalue weighted by atomic mass is 32.1. The molecule has 1 aliphatic heterocycles. The summed E-state index contributed by atoms with van der Waals surface area (Å²) in [6.07, 6.45) is 2.81. The predicted octanol–water partition coefficient (Wildman–Crippen LogP) is 5.09. The number of nitrogens with zero attached hydrogens (tertiary/aromatic N) is 2. The second-order valence-corrected chi connectivity index (χ2v) is 10.6. The Labute approximate surface area is 211 Å². The van der Waals surface area contributed by atoms with Gasteiger partial charge < -0.3 is 14.5 Å². The molecular weight excluding hydrogens is 456 g/mol. The number of amides is 2. The molecule has 6 heteroatoms. The molecule has 3 unspecified atom stereocenters. The third-order valence-electron chi connectivity index (χ3n) is 6.92. The van der Waals surface area contributed by atoms with Gasteiger partial charge in [0.25, 0.3) is 0 Å². The van der Waals surface area contributed by atoms with Crippen LogP contribution in [0.2, 0.25) is 0 Å². The van der Waals surface area contributed by atoms with Crippen molar-refractivity contribution in [2.75, 3.05) is 19.7 Å². The van der Waals surface area contributed by atoms with Crippen molar-refractivity contribution >= 4 is 23.2 Å². The molecule has 3 atom stereocenters. The zero-order valence-electron chi connectivity index (χ0n) is 19.9. The third-order valence-corrected chi connectivity index (χ3v) is 7.78. The van der Waals surface area contributed by atoms with Gasteiger partial charge in [0.1, 0.15) is 0 Å². The maximum Gasteiger partial charge on any atom is 0.242 e. The van der Waals surface area contributed by atoms with Gasteiger partial charge in [-0.05, 0) is 47.8 Å². The molecule has 1 saturated carbocycles. The molecule has 3 aromatic rings. The van der Waals surface area contributed by atoms with Crippen LogP contribution in [0, 0.1) is 5.92 Å². The summed E-state index contributed by atoms with van der Waals surface area (Å²) in [5.41, 5.74) is 2.29. The first-order valence-corrected chi connectivity index (χ1v) is 13.3. The lowest BCUT2D eigenvalue weighted by atomic mass is 10.1. The van der Waals surface area contributed by atoms with E-state index in [2.05, 4.69) is 18.2 Å². The summed E-state index contributed by atoms with van der Waals surface area (Å²) in [6.45, 7) is 2.38. The number of carbonyl (C=O) groups excluding carboxylic acids is 2. The van der Waals surface area contributed by atoms with Crippen LogP contribution >= 0.6 is 11.3 Å². The van der Waals surface area contributed by atoms with Crippen LogP contribution in [0.15, 0.2) is 78.2 Å². The van der Waals surface area contributed by atoms with Crippen molar-refractivity contribution in [3.8, 4) is 0 Å². The molecule has 2 aromatic carbocycles. The molecule has 0 spiro atoms. The summed E-state index contributed by atoms with van der Waals surface area (Å²) in [7, 11) is 0. The van der Waals surface area contributed by atoms with Crippen LogP contribution < -0.4 is 0 Å². The Hall–Kier alpha value is -2.96. The van der Waals surface area contributed by atoms with Gasteiger partial charge in [0, 0.05) is 30.5 Å². The maximum atomic E-state index is 13.7. The summed E-state index contributed by atoms with van der Waals surface area (Å²) >= 11 is 1.65. The zero-order valence-corrected chi connectivity index (χ0v) is 20.7. The van der Waals surface area contributed by atoms with Crippen LogP contribution in [0.1, 0.15) is 41.2 Å². The van der Waals surface area contributed by atoms with Crippen LogP contribution in [0.25, 0.3) is 0 Å². The SMILES string of the molecule is O=C(CN(CC1CCCO1)C(=O)C1CC1c1ccccc1)N(Cc1ccccc1)Cc1cccs1. The number of hydrogen-bond acceptors (Lipinski definition) is 4. The van der Waals surface area contributed by atoms with Gasteiger partial charge in [-0.25, -0.2) is 0 Å². The largest absolute Gasteiger partial charge is 0.376 e. The zero-order chi connectivity index (χ0) is 24.0. The number of benzene rings is 2. The Morgan fingerprint density at radius 3 is 2.37 bits per heavy atom. The van der Waals surface area contributed by atoms with E-state index in [0.717, 1.165) is 36.3 Å². The van der Waals surface area contributed by atoms with Gasteiger partial charge in [0.15, 0.2) is 0 Å². The Morgan fingerprint density at radius 1 is 0.914 bits per heavy atom. The minimum atomic E-state index is -0.0496. The van der Waals surface area contributed by atoms with Crippen molar-refractivity contribution in [2.24, 2.45) is 5.92 Å². The highest BCUT2D eigenvalue weighted by molar-refractivity contribution is 7.09. The van der Waals surface area contributed by atoms with Crippen LogP contribution in [0.3, 0.4) is 0 Å². The first-order chi connectivity index (χ1) is 17.2. The lowest BCUT2D eigenvalue weighted by molar-refractivity contribution is -0.143. The molecule has 5 nitrogen and oxygen atoms in total. The van der Waals surface area contributed by atoms with Crippen molar-refractivity contribution in [3.63, 3.8) is 0 Å². The van der Waals surface area contributed by atoms with E-state index in [9.17, 15) is 9.59 Å². The van der Waals surface area contributed by atoms with Crippen LogP contribution in [-0.4, -0.2) is 47.4 Å². The Kier molecular flexibility index (Phi) is 7.60. The molecule has 2 fully saturated rings. The van der Waals surface area contributed by atoms with Crippen molar-refractivity contribution in [1.82, 2.24) is 9.80 Å². The lowest BCUT2D eigenvalue weighted by Crippen LogP contribution is -2.46. The van der Waals surface area contributed by atoms with E-state index in [-0.39, 0.29) is 36.3 Å². The maximum absolute atomic E-state index is 13.7. The fourth-order valence-electron chi connectivity index (χ4n) is 4.93. The van der Waals surface area contributed by atoms with Gasteiger partial charge in [-0.15, -0.1) is 11.3 Å². The summed E-state index contributed by atoms with van der Waals surface area (Å²) < 4.78 is 5.85. The Balaban J connectivity index is 1.31. The van der Waals surface area contributed by atoms with Crippen molar-refractivity contribution < 1.29 is 14.3 Å². The Bertz CT molecular complexity index is 1100. The smallest absolute Gasteiger partial charge is 0.242 e. The summed E-state index contributed by atoms with van der Waals surface area (Å²) in [5.74, 6) is 0.257. The van der Waals surface area contributed by atoms with Gasteiger partial charge in [-0.1, -0.05) is 66.7 Å². The highest BCUT2D eigenvalue weighted by Crippen LogP contribution is 2.48. The molecule has 0 radical (unpaired) electrons. The molecule has 182 valence electrons. The van der Waals surface area contributed by atoms with E-state index in [1.807, 2.05) is 64.9 Å². The van der Waals surface area contributed by atoms with Crippen molar-refractivity contribution in [1.29, 1.82) is 0 Å². The fourth-order valence-corrected chi connectivity index (χ4v) is 5.65. The monoisotopic (exact) mass is 488 g/mol. The van der Waals surface area contributed by atoms with E-state index in [4.69, 9.17) is 4.74 Å². The molecule has 2 heterocycles. The van der Waals surface area contributed by atoms with Crippen molar-refractivity contribution in [2.45, 2.75) is 44.4 Å². The second kappa shape index (κ2) is 11.2. The molecule has 5 rings (SSSR count). The van der Waals surface area contributed by atoms with Crippen molar-refractivity contribution in [3.05, 3.63) is 94.2 Å². The first kappa shape index (κ1) is 23.8. The molecule has 0 bridgehead atoms. The third kappa shape index (κ3) is 6.19. The number of rotatable bonds is 10. The van der Waals surface area contributed by atoms with Gasteiger partial charge >= 0.3 is 0 Å². The van der Waals surface area contributed by atoms with Gasteiger partial charge in [0.05, 0.1) is 19.2 Å². The quantitative estimate of drug-likeness (QED) is 0.400. The van der Waals surface area contributed by atoms with Gasteiger partial charge in [0.2, 0.25) is 11.8 Å². The molecule has 35 heavy (non-hydrogen) atoms. The number of ether oxygens (including phenoxy) is 1. The van der Waals surface area contributed by atoms with Crippen LogP contribution in [0.5, 0.6) is 0 Å². The molecular formula is C29H32N2O3S. The molecule has 2 amide bonds. The molecule has 1 saturated heterocycles. The van der Waals surface area contributed by atoms with Crippen LogP contribution in [0.4, 0.5) is 0 Å². The minimum Gasteiger partial charge on any atom is -0.376 e. The molecule has 0 N–H and O–H groups in total. The molecule has 1 aromatic heterocycles. The number of carbonyl (C=O) groups is 2. The minimum absolute atomic E-state index is 0.0144. The Morgan fingerprint density at radius 2 is 1.69 bits per heavy atom. The average Bonchev–Trinajstić information content (AvgIpc) is 3.23. The highest BCUT2D eigenvalue weighted by Gasteiger charge is 2.46. The van der Waals surface area contributed by atoms with Gasteiger partial charge in [-0.3, -0.25) is 9.59 Å². The summed E-state index contributed by atoms with van der Waals surface area (Å²) in [4.78, 5) is 32.1. The predicted molar refractivity (Wildman–Crippen MR) is 138 cm³/mol. The summed E-state index contributed by atoms with van der Waals surface area (Å²) in [5, 5.41) is 2.03. The van der Waals surface area contributed by atoms with E-state index in [1.54, 1.807) is 16.2 Å². The topological polar surface area (TPSA) is 49.9 Å². The molecule has 2 aliphatic rings. The van der Waals surface area contributed by atoms with Gasteiger partial charge in [-0.2, -0.15) is 0 Å².